The lowest BCUT2D eigenvalue weighted by molar-refractivity contribution is -0.115. The number of rotatable bonds is 3. The lowest BCUT2D eigenvalue weighted by atomic mass is 10.2. The number of benzene rings is 1. The van der Waals surface area contributed by atoms with Crippen LogP contribution in [-0.2, 0) is 4.79 Å². The Morgan fingerprint density at radius 3 is 2.86 bits per heavy atom. The van der Waals surface area contributed by atoms with Crippen molar-refractivity contribution in [3.8, 4) is 11.4 Å². The van der Waals surface area contributed by atoms with Crippen LogP contribution in [0.15, 0.2) is 47.2 Å². The molecular weight excluding hydrogens is 344 g/mol. The van der Waals surface area contributed by atoms with Gasteiger partial charge in [0.2, 0.25) is 5.91 Å². The largest absolute Gasteiger partial charge is 0.310 e. The van der Waals surface area contributed by atoms with Crippen molar-refractivity contribution in [2.45, 2.75) is 13.3 Å². The minimum Gasteiger partial charge on any atom is -0.310 e. The van der Waals surface area contributed by atoms with E-state index in [9.17, 15) is 4.79 Å². The molecule has 2 aromatic heterocycles. The van der Waals surface area contributed by atoms with E-state index in [0.717, 1.165) is 20.9 Å². The molecule has 110 valence electrons. The molecule has 1 N–H and O–H groups in total. The minimum atomic E-state index is -0.0860. The lowest BCUT2D eigenvalue weighted by Crippen LogP contribution is -2.12. The highest BCUT2D eigenvalue weighted by atomic mass is 79.9. The van der Waals surface area contributed by atoms with Crippen LogP contribution in [0.3, 0.4) is 0 Å². The molecule has 22 heavy (non-hydrogen) atoms. The summed E-state index contributed by atoms with van der Waals surface area (Å²) in [7, 11) is 0. The number of pyridine rings is 1. The summed E-state index contributed by atoms with van der Waals surface area (Å²) in [5, 5.41) is 3.64. The van der Waals surface area contributed by atoms with Gasteiger partial charge in [0.25, 0.3) is 0 Å². The number of hydrogen-bond donors (Lipinski definition) is 1. The van der Waals surface area contributed by atoms with Crippen LogP contribution >= 0.6 is 15.9 Å². The summed E-state index contributed by atoms with van der Waals surface area (Å²) < 4.78 is 0.907. The van der Waals surface area contributed by atoms with Gasteiger partial charge in [-0.25, -0.2) is 9.97 Å². The first kappa shape index (κ1) is 14.6. The maximum atomic E-state index is 11.8. The number of carbonyl (C=O) groups is 1. The van der Waals surface area contributed by atoms with Crippen molar-refractivity contribution in [2.24, 2.45) is 0 Å². The van der Waals surface area contributed by atoms with Crippen molar-refractivity contribution in [2.75, 3.05) is 5.32 Å². The van der Waals surface area contributed by atoms with Gasteiger partial charge in [0, 0.05) is 34.2 Å². The smallest absolute Gasteiger partial charge is 0.225 e. The number of fused-ring (bicyclic) bond motifs is 1. The molecule has 0 aliphatic carbocycles. The molecule has 0 saturated carbocycles. The van der Waals surface area contributed by atoms with Gasteiger partial charge in [-0.2, -0.15) is 0 Å². The van der Waals surface area contributed by atoms with Crippen molar-refractivity contribution in [1.29, 1.82) is 0 Å². The summed E-state index contributed by atoms with van der Waals surface area (Å²) in [5.74, 6) is 0.962. The topological polar surface area (TPSA) is 67.8 Å². The molecule has 0 aliphatic rings. The third-order valence-electron chi connectivity index (χ3n) is 3.16. The number of hydrogen-bond acceptors (Lipinski definition) is 4. The zero-order valence-electron chi connectivity index (χ0n) is 11.9. The SMILES string of the molecule is CCC(=O)Nc1nc(-c2cccnc2)nc2ccc(Br)cc12. The fraction of sp³-hybridized carbons (Fsp3) is 0.125. The lowest BCUT2D eigenvalue weighted by Gasteiger charge is -2.10. The number of anilines is 1. The molecule has 2 heterocycles. The van der Waals surface area contributed by atoms with Crippen molar-refractivity contribution < 1.29 is 4.79 Å². The number of halogens is 1. The highest BCUT2D eigenvalue weighted by Gasteiger charge is 2.11. The van der Waals surface area contributed by atoms with Crippen LogP contribution in [0.4, 0.5) is 5.82 Å². The average molecular weight is 357 g/mol. The zero-order chi connectivity index (χ0) is 15.5. The van der Waals surface area contributed by atoms with Gasteiger partial charge in [0.05, 0.1) is 5.52 Å². The maximum Gasteiger partial charge on any atom is 0.225 e. The fourth-order valence-corrected chi connectivity index (χ4v) is 2.40. The molecule has 1 aromatic carbocycles. The molecular formula is C16H13BrN4O. The van der Waals surface area contributed by atoms with Gasteiger partial charge >= 0.3 is 0 Å². The van der Waals surface area contributed by atoms with Crippen LogP contribution in [0.25, 0.3) is 22.3 Å². The summed E-state index contributed by atoms with van der Waals surface area (Å²) >= 11 is 3.44. The summed E-state index contributed by atoms with van der Waals surface area (Å²) in [6.07, 6.45) is 3.79. The van der Waals surface area contributed by atoms with Crippen molar-refractivity contribution in [1.82, 2.24) is 15.0 Å². The summed E-state index contributed by atoms with van der Waals surface area (Å²) in [6.45, 7) is 1.80. The summed E-state index contributed by atoms with van der Waals surface area (Å²) in [4.78, 5) is 24.9. The van der Waals surface area contributed by atoms with E-state index in [4.69, 9.17) is 0 Å². The van der Waals surface area contributed by atoms with Crippen LogP contribution < -0.4 is 5.32 Å². The quantitative estimate of drug-likeness (QED) is 0.774. The standard InChI is InChI=1S/C16H13BrN4O/c1-2-14(22)20-16-12-8-11(17)5-6-13(12)19-15(21-16)10-4-3-7-18-9-10/h3-9H,2H2,1H3,(H,19,20,21,22). The molecule has 0 spiro atoms. The van der Waals surface area contributed by atoms with Gasteiger partial charge in [0.1, 0.15) is 5.82 Å². The Morgan fingerprint density at radius 1 is 1.27 bits per heavy atom. The molecule has 0 radical (unpaired) electrons. The first-order chi connectivity index (χ1) is 10.7. The Kier molecular flexibility index (Phi) is 4.11. The monoisotopic (exact) mass is 356 g/mol. The molecule has 0 atom stereocenters. The Labute approximate surface area is 136 Å². The van der Waals surface area contributed by atoms with Crippen LogP contribution in [-0.4, -0.2) is 20.9 Å². The fourth-order valence-electron chi connectivity index (χ4n) is 2.04. The van der Waals surface area contributed by atoms with Crippen LogP contribution in [0.1, 0.15) is 13.3 Å². The number of amides is 1. The molecule has 0 unspecified atom stereocenters. The molecule has 0 fully saturated rings. The molecule has 0 aliphatic heterocycles. The first-order valence-electron chi connectivity index (χ1n) is 6.85. The summed E-state index contributed by atoms with van der Waals surface area (Å²) in [6, 6.07) is 9.41. The molecule has 0 saturated heterocycles. The van der Waals surface area contributed by atoms with E-state index in [0.29, 0.717) is 18.1 Å². The van der Waals surface area contributed by atoms with E-state index < -0.39 is 0 Å². The molecule has 6 heteroatoms. The molecule has 3 rings (SSSR count). The van der Waals surface area contributed by atoms with E-state index in [1.165, 1.54) is 0 Å². The van der Waals surface area contributed by atoms with Gasteiger partial charge < -0.3 is 5.32 Å². The van der Waals surface area contributed by atoms with Gasteiger partial charge in [-0.1, -0.05) is 22.9 Å². The third-order valence-corrected chi connectivity index (χ3v) is 3.65. The van der Waals surface area contributed by atoms with Gasteiger partial charge in [-0.05, 0) is 30.3 Å². The number of aromatic nitrogens is 3. The van der Waals surface area contributed by atoms with Crippen LogP contribution in [0, 0.1) is 0 Å². The molecule has 1 amide bonds. The molecule has 3 aromatic rings. The predicted molar refractivity (Wildman–Crippen MR) is 89.4 cm³/mol. The highest BCUT2D eigenvalue weighted by Crippen LogP contribution is 2.27. The van der Waals surface area contributed by atoms with Gasteiger partial charge in [-0.15, -0.1) is 0 Å². The third kappa shape index (κ3) is 2.96. The second-order valence-electron chi connectivity index (χ2n) is 4.70. The first-order valence-corrected chi connectivity index (χ1v) is 7.64. The number of carbonyl (C=O) groups excluding carboxylic acids is 1. The van der Waals surface area contributed by atoms with Crippen LogP contribution in [0.5, 0.6) is 0 Å². The van der Waals surface area contributed by atoms with Crippen molar-refractivity contribution in [3.05, 3.63) is 47.2 Å². The molecule has 5 nitrogen and oxygen atoms in total. The van der Waals surface area contributed by atoms with Crippen LogP contribution in [0.2, 0.25) is 0 Å². The Hall–Kier alpha value is -2.34. The molecule has 0 bridgehead atoms. The Morgan fingerprint density at radius 2 is 2.14 bits per heavy atom. The minimum absolute atomic E-state index is 0.0860. The second-order valence-corrected chi connectivity index (χ2v) is 5.62. The highest BCUT2D eigenvalue weighted by molar-refractivity contribution is 9.10. The van der Waals surface area contributed by atoms with Gasteiger partial charge in [0.15, 0.2) is 5.82 Å². The second kappa shape index (κ2) is 6.19. The van der Waals surface area contributed by atoms with E-state index in [1.807, 2.05) is 30.3 Å². The van der Waals surface area contributed by atoms with Gasteiger partial charge in [-0.3, -0.25) is 9.78 Å². The zero-order valence-corrected chi connectivity index (χ0v) is 13.5. The predicted octanol–water partition coefficient (Wildman–Crippen LogP) is 3.80. The van der Waals surface area contributed by atoms with Crippen molar-refractivity contribution >= 4 is 38.6 Å². The Balaban J connectivity index is 2.20. The Bertz CT molecular complexity index is 836. The maximum absolute atomic E-state index is 11.8. The van der Waals surface area contributed by atoms with E-state index >= 15 is 0 Å². The number of nitrogens with one attached hydrogen (secondary N) is 1. The number of nitrogens with zero attached hydrogens (tertiary/aromatic N) is 3. The van der Waals surface area contributed by atoms with E-state index in [1.54, 1.807) is 19.3 Å². The van der Waals surface area contributed by atoms with E-state index in [-0.39, 0.29) is 5.91 Å². The average Bonchev–Trinajstić information content (AvgIpc) is 2.55. The summed E-state index contributed by atoms with van der Waals surface area (Å²) in [5.41, 5.74) is 1.57. The van der Waals surface area contributed by atoms with Crippen molar-refractivity contribution in [3.63, 3.8) is 0 Å². The van der Waals surface area contributed by atoms with E-state index in [2.05, 4.69) is 36.2 Å². The normalized spacial score (nSPS) is 10.6.